The average molecular weight is 209 g/mol. The summed E-state index contributed by atoms with van der Waals surface area (Å²) in [6, 6.07) is 4.20. The molecule has 1 aromatic heterocycles. The number of hydrogen-bond acceptors (Lipinski definition) is 0. The molecule has 0 aliphatic rings. The van der Waals surface area contributed by atoms with E-state index in [0.29, 0.717) is 14.5 Å². The molecule has 0 aliphatic carbocycles. The van der Waals surface area contributed by atoms with E-state index < -0.39 is 0 Å². The van der Waals surface area contributed by atoms with Crippen LogP contribution in [0, 0.1) is 0 Å². The first-order valence-electron chi connectivity index (χ1n) is 1.60. The fourth-order valence-corrected chi connectivity index (χ4v) is 1.97. The van der Waals surface area contributed by atoms with E-state index in [4.69, 9.17) is 0 Å². The Kier molecular flexibility index (Phi) is 1.55. The molecule has 0 aromatic carbocycles. The fourth-order valence-electron chi connectivity index (χ4n) is 0.263. The van der Waals surface area contributed by atoms with Gasteiger partial charge >= 0.3 is 50.9 Å². The topological polar surface area (TPSA) is 0 Å². The first kappa shape index (κ1) is 4.67. The third kappa shape index (κ3) is 0.990. The van der Waals surface area contributed by atoms with Gasteiger partial charge in [0.25, 0.3) is 0 Å². The summed E-state index contributed by atoms with van der Waals surface area (Å²) in [5, 5.41) is 0. The summed E-state index contributed by atoms with van der Waals surface area (Å²) in [7, 11) is 0. The van der Waals surface area contributed by atoms with Crippen molar-refractivity contribution in [2.75, 3.05) is 0 Å². The molecule has 1 aromatic rings. The first-order valence-corrected chi connectivity index (χ1v) is 4.30. The van der Waals surface area contributed by atoms with Crippen molar-refractivity contribution in [3.63, 3.8) is 0 Å². The molecule has 0 atom stereocenters. The molecular weight excluding hydrogens is 206 g/mol. The van der Waals surface area contributed by atoms with Crippen molar-refractivity contribution in [2.45, 2.75) is 0 Å². The minimum atomic E-state index is 0.653. The van der Waals surface area contributed by atoms with Crippen molar-refractivity contribution in [1.82, 2.24) is 0 Å². The van der Waals surface area contributed by atoms with E-state index in [9.17, 15) is 0 Å². The zero-order valence-electron chi connectivity index (χ0n) is 3.05. The molecule has 0 N–H and O–H groups in total. The van der Waals surface area contributed by atoms with Crippen molar-refractivity contribution >= 4 is 33.9 Å². The van der Waals surface area contributed by atoms with Gasteiger partial charge in [-0.25, -0.2) is 0 Å². The molecule has 0 fully saturated rings. The van der Waals surface area contributed by atoms with E-state index >= 15 is 0 Å². The molecule has 0 aliphatic heterocycles. The summed E-state index contributed by atoms with van der Waals surface area (Å²) < 4.78 is 1.41. The van der Waals surface area contributed by atoms with Crippen LogP contribution in [0.3, 0.4) is 0 Å². The van der Waals surface area contributed by atoms with Crippen molar-refractivity contribution in [3.8, 4) is 0 Å². The van der Waals surface area contributed by atoms with Gasteiger partial charge in [0, 0.05) is 0 Å². The summed E-state index contributed by atoms with van der Waals surface area (Å²) in [5.41, 5.74) is 0. The van der Waals surface area contributed by atoms with Crippen LogP contribution in [-0.2, 0) is 0 Å². The average Bonchev–Trinajstić information content (AvgIpc) is 1.86. The Labute approximate surface area is 51.1 Å². The van der Waals surface area contributed by atoms with E-state index in [1.165, 1.54) is 3.34 Å². The van der Waals surface area contributed by atoms with Crippen LogP contribution in [0.1, 0.15) is 0 Å². The number of hydrogen-bond donors (Lipinski definition) is 0. The van der Waals surface area contributed by atoms with Crippen LogP contribution in [0.25, 0.3) is 0 Å². The molecule has 1 radical (unpaired) electrons. The van der Waals surface area contributed by atoms with Gasteiger partial charge in [-0.3, -0.25) is 0 Å². The molecule has 0 bridgehead atoms. The molecular formula is C4H3Se2. The van der Waals surface area contributed by atoms with Gasteiger partial charge in [-0.05, 0) is 0 Å². The Hall–Kier alpha value is 0.519. The predicted molar refractivity (Wildman–Crippen MR) is 28.8 cm³/mol. The van der Waals surface area contributed by atoms with Crippen LogP contribution >= 0.6 is 0 Å². The van der Waals surface area contributed by atoms with E-state index in [1.54, 1.807) is 0 Å². The molecule has 0 unspecified atom stereocenters. The molecule has 0 saturated carbocycles. The van der Waals surface area contributed by atoms with E-state index in [2.05, 4.69) is 33.1 Å². The van der Waals surface area contributed by atoms with E-state index in [0.717, 1.165) is 0 Å². The van der Waals surface area contributed by atoms with Gasteiger partial charge in [-0.1, -0.05) is 0 Å². The van der Waals surface area contributed by atoms with Gasteiger partial charge in [-0.2, -0.15) is 0 Å². The molecule has 6 heavy (non-hydrogen) atoms. The summed E-state index contributed by atoms with van der Waals surface area (Å²) in [6.45, 7) is 0. The molecule has 0 nitrogen and oxygen atoms in total. The summed E-state index contributed by atoms with van der Waals surface area (Å²) in [5.74, 6) is 0. The van der Waals surface area contributed by atoms with Gasteiger partial charge < -0.3 is 0 Å². The quantitative estimate of drug-likeness (QED) is 0.507. The van der Waals surface area contributed by atoms with Gasteiger partial charge in [0.05, 0.1) is 0 Å². The van der Waals surface area contributed by atoms with Gasteiger partial charge in [0.1, 0.15) is 0 Å². The van der Waals surface area contributed by atoms with Crippen molar-refractivity contribution in [2.24, 2.45) is 0 Å². The Morgan fingerprint density at radius 3 is 2.67 bits per heavy atom. The second-order valence-electron chi connectivity index (χ2n) is 0.932. The molecule has 2 heteroatoms. The normalized spacial score (nSPS) is 8.67. The maximum atomic E-state index is 2.97. The van der Waals surface area contributed by atoms with E-state index in [-0.39, 0.29) is 0 Å². The zero-order valence-corrected chi connectivity index (χ0v) is 6.47. The monoisotopic (exact) mass is 211 g/mol. The van der Waals surface area contributed by atoms with Gasteiger partial charge in [0.15, 0.2) is 0 Å². The fraction of sp³-hybridized carbons (Fsp3) is 0. The van der Waals surface area contributed by atoms with Gasteiger partial charge in [-0.15, -0.1) is 0 Å². The third-order valence-corrected chi connectivity index (χ3v) is 3.22. The zero-order chi connectivity index (χ0) is 4.41. The Morgan fingerprint density at radius 1 is 1.67 bits per heavy atom. The second-order valence-corrected chi connectivity index (χ2v) is 5.15. The van der Waals surface area contributed by atoms with Crippen LogP contribution in [0.15, 0.2) is 17.1 Å². The molecule has 0 saturated heterocycles. The SMILES string of the molecule is [Se]c1ccc[se]1. The molecule has 31 valence electrons. The maximum absolute atomic E-state index is 2.97. The van der Waals surface area contributed by atoms with Crippen LogP contribution in [0.5, 0.6) is 0 Å². The van der Waals surface area contributed by atoms with Crippen molar-refractivity contribution in [3.05, 3.63) is 17.1 Å². The Morgan fingerprint density at radius 2 is 2.50 bits per heavy atom. The van der Waals surface area contributed by atoms with Crippen LogP contribution in [-0.4, -0.2) is 30.5 Å². The summed E-state index contributed by atoms with van der Waals surface area (Å²) in [6.07, 6.45) is 0. The standard InChI is InChI=1S/C4H3Se2/c5-4-2-1-3-6-4/h1-3H. The number of rotatable bonds is 0. The molecule has 1 rings (SSSR count). The molecule has 1 heterocycles. The third-order valence-electron chi connectivity index (χ3n) is 0.495. The molecule has 0 amide bonds. The van der Waals surface area contributed by atoms with Crippen LogP contribution in [0.4, 0.5) is 0 Å². The first-order chi connectivity index (χ1) is 2.89. The van der Waals surface area contributed by atoms with Gasteiger partial charge in [0.2, 0.25) is 0 Å². The second kappa shape index (κ2) is 1.99. The molecule has 0 spiro atoms. The van der Waals surface area contributed by atoms with Crippen LogP contribution < -0.4 is 3.34 Å². The minimum absolute atomic E-state index is 0.653. The van der Waals surface area contributed by atoms with Crippen molar-refractivity contribution < 1.29 is 0 Å². The predicted octanol–water partition coefficient (Wildman–Crippen LogP) is -0.463. The Bertz CT molecular complexity index is 109. The summed E-state index contributed by atoms with van der Waals surface area (Å²) >= 11 is 3.62. The Balaban J connectivity index is 3.05. The van der Waals surface area contributed by atoms with Crippen LogP contribution in [0.2, 0.25) is 0 Å². The van der Waals surface area contributed by atoms with Crippen molar-refractivity contribution in [1.29, 1.82) is 0 Å². The summed E-state index contributed by atoms with van der Waals surface area (Å²) in [4.78, 5) is 2.19. The van der Waals surface area contributed by atoms with E-state index in [1.807, 2.05) is 0 Å².